The van der Waals surface area contributed by atoms with Gasteiger partial charge in [0.2, 0.25) is 0 Å². The third kappa shape index (κ3) is 4.68. The van der Waals surface area contributed by atoms with E-state index in [1.54, 1.807) is 30.3 Å². The Bertz CT molecular complexity index is 867. The molecule has 0 saturated carbocycles. The molecule has 1 amide bonds. The molecular weight excluding hydrogens is 359 g/mol. The number of halogens is 2. The second-order valence-electron chi connectivity index (χ2n) is 5.22. The molecule has 0 radical (unpaired) electrons. The van der Waals surface area contributed by atoms with E-state index in [4.69, 9.17) is 23.2 Å². The Morgan fingerprint density at radius 1 is 0.920 bits per heavy atom. The minimum Gasteiger partial charge on any atom is -0.347 e. The topological polar surface area (TPSA) is 66.9 Å². The molecule has 2 N–H and O–H groups in total. The molecule has 0 aliphatic carbocycles. The van der Waals surface area contributed by atoms with Gasteiger partial charge in [-0.3, -0.25) is 4.79 Å². The van der Waals surface area contributed by atoms with E-state index in [-0.39, 0.29) is 11.6 Å². The van der Waals surface area contributed by atoms with Crippen molar-refractivity contribution in [1.29, 1.82) is 0 Å². The fraction of sp³-hybridized carbons (Fsp3) is 0.0556. The van der Waals surface area contributed by atoms with Crippen LogP contribution in [-0.2, 0) is 6.54 Å². The van der Waals surface area contributed by atoms with Crippen molar-refractivity contribution in [2.75, 3.05) is 5.32 Å². The molecule has 0 fully saturated rings. The van der Waals surface area contributed by atoms with Gasteiger partial charge < -0.3 is 10.6 Å². The standard InChI is InChI=1S/C18H14Cl2N4O/c19-13-7-5-12(6-8-13)11-21-18(25)16-9-10-17(24-23-16)22-15-4-2-1-3-14(15)20/h1-10H,11H2,(H,21,25)(H,22,24). The normalized spacial score (nSPS) is 10.3. The molecule has 0 unspecified atom stereocenters. The molecule has 25 heavy (non-hydrogen) atoms. The second-order valence-corrected chi connectivity index (χ2v) is 6.06. The van der Waals surface area contributed by atoms with Crippen LogP contribution in [0.2, 0.25) is 10.0 Å². The number of amides is 1. The summed E-state index contributed by atoms with van der Waals surface area (Å²) in [5.41, 5.74) is 1.90. The highest BCUT2D eigenvalue weighted by molar-refractivity contribution is 6.33. The maximum absolute atomic E-state index is 12.1. The molecule has 5 nitrogen and oxygen atoms in total. The minimum absolute atomic E-state index is 0.235. The maximum atomic E-state index is 12.1. The summed E-state index contributed by atoms with van der Waals surface area (Å²) in [6.07, 6.45) is 0. The van der Waals surface area contributed by atoms with Crippen LogP contribution in [-0.4, -0.2) is 16.1 Å². The van der Waals surface area contributed by atoms with Crippen LogP contribution in [0, 0.1) is 0 Å². The summed E-state index contributed by atoms with van der Waals surface area (Å²) in [5.74, 6) is 0.203. The summed E-state index contributed by atoms with van der Waals surface area (Å²) in [6.45, 7) is 0.386. The number of hydrogen-bond donors (Lipinski definition) is 2. The van der Waals surface area contributed by atoms with Gasteiger partial charge in [0.05, 0.1) is 10.7 Å². The van der Waals surface area contributed by atoms with Crippen LogP contribution in [0.5, 0.6) is 0 Å². The number of nitrogens with zero attached hydrogens (tertiary/aromatic N) is 2. The molecular formula is C18H14Cl2N4O. The van der Waals surface area contributed by atoms with Crippen LogP contribution in [0.1, 0.15) is 16.1 Å². The summed E-state index contributed by atoms with van der Waals surface area (Å²) in [6, 6.07) is 17.8. The Balaban J connectivity index is 1.60. The molecule has 2 aromatic carbocycles. The van der Waals surface area contributed by atoms with Crippen molar-refractivity contribution in [2.24, 2.45) is 0 Å². The fourth-order valence-corrected chi connectivity index (χ4v) is 2.40. The van der Waals surface area contributed by atoms with E-state index >= 15 is 0 Å². The van der Waals surface area contributed by atoms with Crippen molar-refractivity contribution >= 4 is 40.6 Å². The first-order chi connectivity index (χ1) is 12.1. The quantitative estimate of drug-likeness (QED) is 0.693. The smallest absolute Gasteiger partial charge is 0.272 e. The van der Waals surface area contributed by atoms with Crippen LogP contribution in [0.25, 0.3) is 0 Å². The number of hydrogen-bond acceptors (Lipinski definition) is 4. The van der Waals surface area contributed by atoms with Crippen LogP contribution < -0.4 is 10.6 Å². The Kier molecular flexibility index (Phi) is 5.48. The molecule has 0 spiro atoms. The molecule has 0 saturated heterocycles. The lowest BCUT2D eigenvalue weighted by Gasteiger charge is -2.08. The summed E-state index contributed by atoms with van der Waals surface area (Å²) in [4.78, 5) is 12.1. The van der Waals surface area contributed by atoms with Crippen LogP contribution in [0.3, 0.4) is 0 Å². The highest BCUT2D eigenvalue weighted by Gasteiger charge is 2.08. The Labute approximate surface area is 155 Å². The SMILES string of the molecule is O=C(NCc1ccc(Cl)cc1)c1ccc(Nc2ccccc2Cl)nn1. The molecule has 1 aromatic heterocycles. The van der Waals surface area contributed by atoms with E-state index in [0.29, 0.717) is 22.4 Å². The lowest BCUT2D eigenvalue weighted by atomic mass is 10.2. The second kappa shape index (κ2) is 7.96. The van der Waals surface area contributed by atoms with Gasteiger partial charge in [0, 0.05) is 11.6 Å². The summed E-state index contributed by atoms with van der Waals surface area (Å²) < 4.78 is 0. The molecule has 0 atom stereocenters. The van der Waals surface area contributed by atoms with Gasteiger partial charge in [-0.1, -0.05) is 47.5 Å². The molecule has 7 heteroatoms. The number of carbonyl (C=O) groups is 1. The Morgan fingerprint density at radius 3 is 2.36 bits per heavy atom. The Morgan fingerprint density at radius 2 is 1.68 bits per heavy atom. The predicted octanol–water partition coefficient (Wildman–Crippen LogP) is 4.46. The van der Waals surface area contributed by atoms with E-state index in [1.807, 2.05) is 30.3 Å². The number of carbonyl (C=O) groups excluding carboxylic acids is 1. The molecule has 0 bridgehead atoms. The van der Waals surface area contributed by atoms with Gasteiger partial charge in [0.25, 0.3) is 5.91 Å². The average Bonchev–Trinajstić information content (AvgIpc) is 2.63. The van der Waals surface area contributed by atoms with Crippen molar-refractivity contribution < 1.29 is 4.79 Å². The zero-order chi connectivity index (χ0) is 17.6. The summed E-state index contributed by atoms with van der Waals surface area (Å²) in [7, 11) is 0. The summed E-state index contributed by atoms with van der Waals surface area (Å²) >= 11 is 11.9. The van der Waals surface area contributed by atoms with Gasteiger partial charge in [-0.05, 0) is 42.0 Å². The molecule has 3 rings (SSSR count). The highest BCUT2D eigenvalue weighted by atomic mass is 35.5. The third-order valence-electron chi connectivity index (χ3n) is 3.40. The van der Waals surface area contributed by atoms with Crippen molar-refractivity contribution in [1.82, 2.24) is 15.5 Å². The molecule has 1 heterocycles. The first-order valence-corrected chi connectivity index (χ1v) is 8.25. The van der Waals surface area contributed by atoms with Crippen LogP contribution in [0.4, 0.5) is 11.5 Å². The van der Waals surface area contributed by atoms with E-state index in [2.05, 4.69) is 20.8 Å². The van der Waals surface area contributed by atoms with E-state index in [1.165, 1.54) is 0 Å². The van der Waals surface area contributed by atoms with Crippen molar-refractivity contribution in [3.05, 3.63) is 82.0 Å². The number of para-hydroxylation sites is 1. The van der Waals surface area contributed by atoms with Gasteiger partial charge in [-0.2, -0.15) is 0 Å². The van der Waals surface area contributed by atoms with E-state index < -0.39 is 0 Å². The first-order valence-electron chi connectivity index (χ1n) is 7.50. The number of aromatic nitrogens is 2. The lowest BCUT2D eigenvalue weighted by Crippen LogP contribution is -2.24. The monoisotopic (exact) mass is 372 g/mol. The fourth-order valence-electron chi connectivity index (χ4n) is 2.10. The lowest BCUT2D eigenvalue weighted by molar-refractivity contribution is 0.0945. The van der Waals surface area contributed by atoms with E-state index in [0.717, 1.165) is 11.3 Å². The largest absolute Gasteiger partial charge is 0.347 e. The van der Waals surface area contributed by atoms with Gasteiger partial charge in [-0.15, -0.1) is 10.2 Å². The van der Waals surface area contributed by atoms with Crippen molar-refractivity contribution in [3.63, 3.8) is 0 Å². The highest BCUT2D eigenvalue weighted by Crippen LogP contribution is 2.23. The zero-order valence-corrected chi connectivity index (χ0v) is 14.6. The molecule has 3 aromatic rings. The minimum atomic E-state index is -0.299. The van der Waals surface area contributed by atoms with Gasteiger partial charge in [0.15, 0.2) is 11.5 Å². The number of anilines is 2. The van der Waals surface area contributed by atoms with E-state index in [9.17, 15) is 4.79 Å². The number of benzene rings is 2. The Hall–Kier alpha value is -2.63. The average molecular weight is 373 g/mol. The third-order valence-corrected chi connectivity index (χ3v) is 3.98. The number of rotatable bonds is 5. The summed E-state index contributed by atoms with van der Waals surface area (Å²) in [5, 5.41) is 15.0. The maximum Gasteiger partial charge on any atom is 0.272 e. The van der Waals surface area contributed by atoms with Crippen LogP contribution in [0.15, 0.2) is 60.7 Å². The van der Waals surface area contributed by atoms with Gasteiger partial charge in [-0.25, -0.2) is 0 Å². The molecule has 0 aliphatic rings. The van der Waals surface area contributed by atoms with Crippen molar-refractivity contribution in [3.8, 4) is 0 Å². The predicted molar refractivity (Wildman–Crippen MR) is 99.4 cm³/mol. The van der Waals surface area contributed by atoms with Gasteiger partial charge in [0.1, 0.15) is 0 Å². The zero-order valence-electron chi connectivity index (χ0n) is 13.0. The molecule has 0 aliphatic heterocycles. The van der Waals surface area contributed by atoms with Gasteiger partial charge >= 0.3 is 0 Å². The molecule has 126 valence electrons. The van der Waals surface area contributed by atoms with Crippen molar-refractivity contribution in [2.45, 2.75) is 6.54 Å². The van der Waals surface area contributed by atoms with Crippen LogP contribution >= 0.6 is 23.2 Å². The number of nitrogens with one attached hydrogen (secondary N) is 2. The first kappa shape index (κ1) is 17.2.